The summed E-state index contributed by atoms with van der Waals surface area (Å²) in [5.74, 6) is 0.247. The molecule has 0 radical (unpaired) electrons. The molecular formula is C13H21N5OS. The highest BCUT2D eigenvalue weighted by molar-refractivity contribution is 7.18. The number of nitrogens with one attached hydrogen (secondary N) is 3. The fourth-order valence-corrected chi connectivity index (χ4v) is 3.37. The molecule has 110 valence electrons. The molecule has 1 aliphatic carbocycles. The second kappa shape index (κ2) is 5.97. The van der Waals surface area contributed by atoms with Crippen molar-refractivity contribution in [1.29, 1.82) is 0 Å². The summed E-state index contributed by atoms with van der Waals surface area (Å²) < 4.78 is 0. The predicted octanol–water partition coefficient (Wildman–Crippen LogP) is 1.17. The van der Waals surface area contributed by atoms with Crippen LogP contribution in [0.4, 0.5) is 10.9 Å². The molecule has 1 aliphatic heterocycles. The summed E-state index contributed by atoms with van der Waals surface area (Å²) in [6.07, 6.45) is 5.56. The summed E-state index contributed by atoms with van der Waals surface area (Å²) in [5, 5.41) is 10.4. The number of hydrogen-bond acceptors (Lipinski definition) is 6. The molecular weight excluding hydrogens is 274 g/mol. The number of carbonyl (C=O) groups is 1. The van der Waals surface area contributed by atoms with Gasteiger partial charge in [0.2, 0.25) is 0 Å². The Balaban J connectivity index is 1.61. The van der Waals surface area contributed by atoms with Gasteiger partial charge in [0.25, 0.3) is 5.91 Å². The number of piperidine rings is 1. The maximum atomic E-state index is 12.2. The Bertz CT molecular complexity index is 479. The zero-order chi connectivity index (χ0) is 13.9. The Kier molecular flexibility index (Phi) is 4.07. The van der Waals surface area contributed by atoms with Crippen molar-refractivity contribution in [2.75, 3.05) is 24.1 Å². The van der Waals surface area contributed by atoms with Crippen molar-refractivity contribution in [3.63, 3.8) is 0 Å². The van der Waals surface area contributed by atoms with E-state index in [1.807, 2.05) is 0 Å². The monoisotopic (exact) mass is 295 g/mol. The number of nitrogen functional groups attached to an aromatic ring is 1. The second-order valence-corrected chi connectivity index (χ2v) is 6.50. The van der Waals surface area contributed by atoms with Crippen LogP contribution in [0.5, 0.6) is 0 Å². The molecule has 2 heterocycles. The van der Waals surface area contributed by atoms with Gasteiger partial charge in [0.1, 0.15) is 10.7 Å². The summed E-state index contributed by atoms with van der Waals surface area (Å²) >= 11 is 1.36. The van der Waals surface area contributed by atoms with Crippen molar-refractivity contribution in [2.24, 2.45) is 0 Å². The molecule has 0 aromatic carbocycles. The number of hydrogen-bond donors (Lipinski definition) is 4. The molecule has 1 saturated carbocycles. The first-order valence-corrected chi connectivity index (χ1v) is 8.08. The third kappa shape index (κ3) is 3.04. The molecule has 0 bridgehead atoms. The van der Waals surface area contributed by atoms with Crippen LogP contribution >= 0.6 is 11.3 Å². The largest absolute Gasteiger partial charge is 0.382 e. The SMILES string of the molecule is Nc1nc(NC2CCC2)sc1C(=O)NC1CCNCC1. The van der Waals surface area contributed by atoms with Crippen molar-refractivity contribution in [3.8, 4) is 0 Å². The van der Waals surface area contributed by atoms with E-state index in [2.05, 4.69) is 20.9 Å². The second-order valence-electron chi connectivity index (χ2n) is 5.50. The van der Waals surface area contributed by atoms with Crippen LogP contribution in [0, 0.1) is 0 Å². The van der Waals surface area contributed by atoms with E-state index in [9.17, 15) is 4.79 Å². The zero-order valence-corrected chi connectivity index (χ0v) is 12.3. The zero-order valence-electron chi connectivity index (χ0n) is 11.4. The van der Waals surface area contributed by atoms with Gasteiger partial charge >= 0.3 is 0 Å². The molecule has 2 aliphatic rings. The van der Waals surface area contributed by atoms with Gasteiger partial charge in [-0.3, -0.25) is 4.79 Å². The Morgan fingerprint density at radius 3 is 2.65 bits per heavy atom. The van der Waals surface area contributed by atoms with Gasteiger partial charge in [0.15, 0.2) is 5.13 Å². The molecule has 0 atom stereocenters. The minimum Gasteiger partial charge on any atom is -0.382 e. The van der Waals surface area contributed by atoms with Crippen molar-refractivity contribution >= 4 is 28.2 Å². The molecule has 0 spiro atoms. The number of carbonyl (C=O) groups excluding carboxylic acids is 1. The molecule has 1 saturated heterocycles. The van der Waals surface area contributed by atoms with E-state index < -0.39 is 0 Å². The topological polar surface area (TPSA) is 92.1 Å². The molecule has 2 fully saturated rings. The van der Waals surface area contributed by atoms with Crippen LogP contribution in [-0.4, -0.2) is 36.1 Å². The summed E-state index contributed by atoms with van der Waals surface area (Å²) in [7, 11) is 0. The van der Waals surface area contributed by atoms with Gasteiger partial charge in [-0.25, -0.2) is 4.98 Å². The van der Waals surface area contributed by atoms with E-state index in [0.717, 1.165) is 31.1 Å². The highest BCUT2D eigenvalue weighted by atomic mass is 32.1. The van der Waals surface area contributed by atoms with Crippen molar-refractivity contribution < 1.29 is 4.79 Å². The first-order valence-electron chi connectivity index (χ1n) is 7.27. The number of rotatable bonds is 4. The molecule has 1 aromatic heterocycles. The smallest absolute Gasteiger partial charge is 0.265 e. The van der Waals surface area contributed by atoms with E-state index in [1.165, 1.54) is 30.6 Å². The Hall–Kier alpha value is -1.34. The van der Waals surface area contributed by atoms with Crippen molar-refractivity contribution in [1.82, 2.24) is 15.6 Å². The molecule has 3 rings (SSSR count). The van der Waals surface area contributed by atoms with Crippen LogP contribution in [0.2, 0.25) is 0 Å². The van der Waals surface area contributed by atoms with Crippen molar-refractivity contribution in [3.05, 3.63) is 4.88 Å². The van der Waals surface area contributed by atoms with Crippen molar-refractivity contribution in [2.45, 2.75) is 44.2 Å². The Labute approximate surface area is 122 Å². The minimum absolute atomic E-state index is 0.0893. The van der Waals surface area contributed by atoms with E-state index in [1.54, 1.807) is 0 Å². The quantitative estimate of drug-likeness (QED) is 0.669. The van der Waals surface area contributed by atoms with Gasteiger partial charge < -0.3 is 21.7 Å². The first-order chi connectivity index (χ1) is 9.72. The fourth-order valence-electron chi connectivity index (χ4n) is 2.50. The highest BCUT2D eigenvalue weighted by Gasteiger charge is 2.23. The number of amides is 1. The van der Waals surface area contributed by atoms with Gasteiger partial charge in [-0.05, 0) is 45.2 Å². The van der Waals surface area contributed by atoms with Gasteiger partial charge in [-0.15, -0.1) is 0 Å². The first kappa shape index (κ1) is 13.6. The number of thiazole rings is 1. The molecule has 1 aromatic rings. The minimum atomic E-state index is -0.0893. The molecule has 7 heteroatoms. The maximum Gasteiger partial charge on any atom is 0.265 e. The summed E-state index contributed by atoms with van der Waals surface area (Å²) in [4.78, 5) is 17.0. The summed E-state index contributed by atoms with van der Waals surface area (Å²) in [6.45, 7) is 1.91. The number of aromatic nitrogens is 1. The number of nitrogens with two attached hydrogens (primary N) is 1. The predicted molar refractivity (Wildman–Crippen MR) is 81.1 cm³/mol. The Morgan fingerprint density at radius 1 is 1.25 bits per heavy atom. The Morgan fingerprint density at radius 2 is 2.00 bits per heavy atom. The standard InChI is InChI=1S/C13H21N5OS/c14-11-10(12(19)16-9-4-6-15-7-5-9)20-13(18-11)17-8-2-1-3-8/h8-9,15H,1-7,14H2,(H,16,19)(H,17,18). The van der Waals surface area contributed by atoms with Crippen LogP contribution in [0.3, 0.4) is 0 Å². The average molecular weight is 295 g/mol. The maximum absolute atomic E-state index is 12.2. The van der Waals surface area contributed by atoms with Crippen LogP contribution in [0.15, 0.2) is 0 Å². The lowest BCUT2D eigenvalue weighted by atomic mass is 9.93. The normalized spacial score (nSPS) is 20.4. The lowest BCUT2D eigenvalue weighted by Gasteiger charge is -2.25. The summed E-state index contributed by atoms with van der Waals surface area (Å²) in [6, 6.07) is 0.745. The van der Waals surface area contributed by atoms with Crippen LogP contribution in [-0.2, 0) is 0 Å². The van der Waals surface area contributed by atoms with E-state index >= 15 is 0 Å². The number of anilines is 2. The van der Waals surface area contributed by atoms with Gasteiger partial charge in [-0.1, -0.05) is 11.3 Å². The molecule has 1 amide bonds. The molecule has 20 heavy (non-hydrogen) atoms. The molecule has 0 unspecified atom stereocenters. The highest BCUT2D eigenvalue weighted by Crippen LogP contribution is 2.29. The lowest BCUT2D eigenvalue weighted by Crippen LogP contribution is -2.42. The summed E-state index contributed by atoms with van der Waals surface area (Å²) in [5.41, 5.74) is 5.87. The lowest BCUT2D eigenvalue weighted by molar-refractivity contribution is 0.0934. The van der Waals surface area contributed by atoms with E-state index in [0.29, 0.717) is 16.7 Å². The molecule has 5 N–H and O–H groups in total. The average Bonchev–Trinajstić information content (AvgIpc) is 2.76. The van der Waals surface area contributed by atoms with Gasteiger partial charge in [0.05, 0.1) is 0 Å². The number of nitrogens with zero attached hydrogens (tertiary/aromatic N) is 1. The fraction of sp³-hybridized carbons (Fsp3) is 0.692. The van der Waals surface area contributed by atoms with Crippen LogP contribution < -0.4 is 21.7 Å². The third-order valence-electron chi connectivity index (χ3n) is 3.97. The van der Waals surface area contributed by atoms with Gasteiger partial charge in [-0.2, -0.15) is 0 Å². The van der Waals surface area contributed by atoms with Crippen LogP contribution in [0.25, 0.3) is 0 Å². The van der Waals surface area contributed by atoms with E-state index in [4.69, 9.17) is 5.73 Å². The molecule has 6 nitrogen and oxygen atoms in total. The van der Waals surface area contributed by atoms with E-state index in [-0.39, 0.29) is 11.9 Å². The van der Waals surface area contributed by atoms with Crippen LogP contribution in [0.1, 0.15) is 41.8 Å². The van der Waals surface area contributed by atoms with Gasteiger partial charge in [0, 0.05) is 12.1 Å². The third-order valence-corrected chi connectivity index (χ3v) is 4.97.